The van der Waals surface area contributed by atoms with Crippen LogP contribution in [0.25, 0.3) is 11.3 Å². The van der Waals surface area contributed by atoms with Crippen LogP contribution < -0.4 is 5.32 Å². The lowest BCUT2D eigenvalue weighted by Crippen LogP contribution is -2.18. The lowest BCUT2D eigenvalue weighted by atomic mass is 10.1. The summed E-state index contributed by atoms with van der Waals surface area (Å²) in [6.07, 6.45) is -1.37. The van der Waals surface area contributed by atoms with Crippen LogP contribution in [0.3, 0.4) is 0 Å². The van der Waals surface area contributed by atoms with E-state index >= 15 is 0 Å². The molecule has 3 aromatic rings. The SMILES string of the molecule is O=C(Nc1nc(-c2cccnc2)cs1)c1ccccc1C(F)(F)F. The summed E-state index contributed by atoms with van der Waals surface area (Å²) < 4.78 is 38.9. The third-order valence-electron chi connectivity index (χ3n) is 3.16. The Balaban J connectivity index is 1.83. The van der Waals surface area contributed by atoms with Crippen LogP contribution >= 0.6 is 11.3 Å². The molecule has 4 nitrogen and oxygen atoms in total. The Bertz CT molecular complexity index is 862. The van der Waals surface area contributed by atoms with Crippen molar-refractivity contribution in [2.24, 2.45) is 0 Å². The number of halogens is 3. The molecule has 0 aliphatic rings. The van der Waals surface area contributed by atoms with Crippen LogP contribution in [0, 0.1) is 0 Å². The first-order chi connectivity index (χ1) is 11.4. The summed E-state index contributed by atoms with van der Waals surface area (Å²) in [6.45, 7) is 0. The molecular formula is C16H10F3N3OS. The Morgan fingerprint density at radius 3 is 2.62 bits per heavy atom. The maximum Gasteiger partial charge on any atom is 0.417 e. The zero-order chi connectivity index (χ0) is 17.2. The van der Waals surface area contributed by atoms with Gasteiger partial charge in [0.2, 0.25) is 0 Å². The maximum atomic E-state index is 13.0. The smallest absolute Gasteiger partial charge is 0.298 e. The fourth-order valence-electron chi connectivity index (χ4n) is 2.07. The predicted molar refractivity (Wildman–Crippen MR) is 84.7 cm³/mol. The summed E-state index contributed by atoms with van der Waals surface area (Å²) in [6, 6.07) is 8.17. The van der Waals surface area contributed by atoms with E-state index in [4.69, 9.17) is 0 Å². The summed E-state index contributed by atoms with van der Waals surface area (Å²) in [4.78, 5) is 20.3. The van der Waals surface area contributed by atoms with Gasteiger partial charge < -0.3 is 0 Å². The van der Waals surface area contributed by atoms with Crippen LogP contribution in [0.5, 0.6) is 0 Å². The van der Waals surface area contributed by atoms with Crippen molar-refractivity contribution in [3.63, 3.8) is 0 Å². The highest BCUT2D eigenvalue weighted by Crippen LogP contribution is 2.32. The molecule has 8 heteroatoms. The number of carbonyl (C=O) groups excluding carboxylic acids is 1. The van der Waals surface area contributed by atoms with E-state index in [1.807, 2.05) is 0 Å². The molecule has 0 fully saturated rings. The first kappa shape index (κ1) is 16.1. The molecule has 0 atom stereocenters. The molecule has 0 saturated carbocycles. The van der Waals surface area contributed by atoms with Crippen LogP contribution in [0.4, 0.5) is 18.3 Å². The molecule has 1 N–H and O–H groups in total. The second-order valence-electron chi connectivity index (χ2n) is 4.78. The second kappa shape index (κ2) is 6.40. The molecule has 2 aromatic heterocycles. The van der Waals surface area contributed by atoms with E-state index in [0.717, 1.165) is 29.0 Å². The van der Waals surface area contributed by atoms with E-state index in [2.05, 4.69) is 15.3 Å². The van der Waals surface area contributed by atoms with Crippen molar-refractivity contribution in [2.75, 3.05) is 5.32 Å². The Morgan fingerprint density at radius 1 is 1.12 bits per heavy atom. The lowest BCUT2D eigenvalue weighted by Gasteiger charge is -2.11. The van der Waals surface area contributed by atoms with Gasteiger partial charge in [0.15, 0.2) is 5.13 Å². The number of benzene rings is 1. The number of thiazole rings is 1. The number of anilines is 1. The molecule has 1 aromatic carbocycles. The predicted octanol–water partition coefficient (Wildman–Crippen LogP) is 4.48. The largest absolute Gasteiger partial charge is 0.417 e. The van der Waals surface area contributed by atoms with Crippen LogP contribution in [0.2, 0.25) is 0 Å². The summed E-state index contributed by atoms with van der Waals surface area (Å²) in [7, 11) is 0. The van der Waals surface area contributed by atoms with Gasteiger partial charge in [-0.2, -0.15) is 13.2 Å². The maximum absolute atomic E-state index is 13.0. The number of nitrogens with one attached hydrogen (secondary N) is 1. The molecule has 0 aliphatic carbocycles. The molecule has 24 heavy (non-hydrogen) atoms. The highest BCUT2D eigenvalue weighted by molar-refractivity contribution is 7.14. The average molecular weight is 349 g/mol. The van der Waals surface area contributed by atoms with Crippen molar-refractivity contribution in [1.82, 2.24) is 9.97 Å². The fraction of sp³-hybridized carbons (Fsp3) is 0.0625. The summed E-state index contributed by atoms with van der Waals surface area (Å²) in [5, 5.41) is 4.32. The number of carbonyl (C=O) groups is 1. The monoisotopic (exact) mass is 349 g/mol. The molecule has 2 heterocycles. The third kappa shape index (κ3) is 3.43. The van der Waals surface area contributed by atoms with Crippen molar-refractivity contribution in [1.29, 1.82) is 0 Å². The molecule has 0 radical (unpaired) electrons. The number of pyridine rings is 1. The summed E-state index contributed by atoms with van der Waals surface area (Å²) in [5.74, 6) is -0.852. The quantitative estimate of drug-likeness (QED) is 0.759. The van der Waals surface area contributed by atoms with Crippen molar-refractivity contribution in [3.8, 4) is 11.3 Å². The molecular weight excluding hydrogens is 339 g/mol. The molecule has 0 saturated heterocycles. The van der Waals surface area contributed by atoms with E-state index in [-0.39, 0.29) is 5.13 Å². The van der Waals surface area contributed by atoms with Crippen LogP contribution in [0.1, 0.15) is 15.9 Å². The van der Waals surface area contributed by atoms with Gasteiger partial charge >= 0.3 is 6.18 Å². The number of aromatic nitrogens is 2. The zero-order valence-corrected chi connectivity index (χ0v) is 12.9. The first-order valence-electron chi connectivity index (χ1n) is 6.78. The first-order valence-corrected chi connectivity index (χ1v) is 7.66. The van der Waals surface area contributed by atoms with E-state index in [1.165, 1.54) is 12.1 Å². The molecule has 1 amide bonds. The Labute approximate surface area is 139 Å². The van der Waals surface area contributed by atoms with Gasteiger partial charge in [0.05, 0.1) is 16.8 Å². The fourth-order valence-corrected chi connectivity index (χ4v) is 2.79. The van der Waals surface area contributed by atoms with Gasteiger partial charge in [-0.3, -0.25) is 15.1 Å². The lowest BCUT2D eigenvalue weighted by molar-refractivity contribution is -0.137. The minimum absolute atomic E-state index is 0.218. The van der Waals surface area contributed by atoms with E-state index < -0.39 is 23.2 Å². The van der Waals surface area contributed by atoms with Crippen molar-refractivity contribution < 1.29 is 18.0 Å². The van der Waals surface area contributed by atoms with Gasteiger partial charge in [-0.1, -0.05) is 12.1 Å². The molecule has 3 rings (SSSR count). The number of nitrogens with zero attached hydrogens (tertiary/aromatic N) is 2. The Hall–Kier alpha value is -2.74. The summed E-state index contributed by atoms with van der Waals surface area (Å²) in [5.41, 5.74) is -0.0767. The van der Waals surface area contributed by atoms with Gasteiger partial charge in [-0.05, 0) is 24.3 Å². The van der Waals surface area contributed by atoms with Gasteiger partial charge in [-0.25, -0.2) is 4.98 Å². The molecule has 122 valence electrons. The Morgan fingerprint density at radius 2 is 1.92 bits per heavy atom. The van der Waals surface area contributed by atoms with Crippen LogP contribution in [0.15, 0.2) is 54.2 Å². The summed E-state index contributed by atoms with van der Waals surface area (Å²) >= 11 is 1.13. The van der Waals surface area contributed by atoms with Crippen LogP contribution in [-0.2, 0) is 6.18 Å². The number of hydrogen-bond donors (Lipinski definition) is 1. The second-order valence-corrected chi connectivity index (χ2v) is 5.64. The minimum atomic E-state index is -4.60. The third-order valence-corrected chi connectivity index (χ3v) is 3.92. The molecule has 0 spiro atoms. The minimum Gasteiger partial charge on any atom is -0.298 e. The van der Waals surface area contributed by atoms with Crippen LogP contribution in [-0.4, -0.2) is 15.9 Å². The highest BCUT2D eigenvalue weighted by Gasteiger charge is 2.34. The topological polar surface area (TPSA) is 54.9 Å². The Kier molecular flexibility index (Phi) is 4.30. The van der Waals surface area contributed by atoms with Crippen molar-refractivity contribution in [3.05, 3.63) is 65.3 Å². The standard InChI is InChI=1S/C16H10F3N3OS/c17-16(18,19)12-6-2-1-5-11(12)14(23)22-15-21-13(9-24-15)10-4-3-7-20-8-10/h1-9H,(H,21,22,23). The van der Waals surface area contributed by atoms with Crippen molar-refractivity contribution in [2.45, 2.75) is 6.18 Å². The normalized spacial score (nSPS) is 11.3. The average Bonchev–Trinajstić information content (AvgIpc) is 3.03. The number of alkyl halides is 3. The molecule has 0 unspecified atom stereocenters. The number of amides is 1. The molecule has 0 aliphatic heterocycles. The van der Waals surface area contributed by atoms with E-state index in [9.17, 15) is 18.0 Å². The van der Waals surface area contributed by atoms with E-state index in [1.54, 1.807) is 29.9 Å². The zero-order valence-electron chi connectivity index (χ0n) is 12.0. The van der Waals surface area contributed by atoms with Gasteiger partial charge in [0.1, 0.15) is 0 Å². The van der Waals surface area contributed by atoms with Gasteiger partial charge in [0, 0.05) is 23.3 Å². The highest BCUT2D eigenvalue weighted by atomic mass is 32.1. The number of hydrogen-bond acceptors (Lipinski definition) is 4. The molecule has 0 bridgehead atoms. The van der Waals surface area contributed by atoms with Gasteiger partial charge in [0.25, 0.3) is 5.91 Å². The van der Waals surface area contributed by atoms with Gasteiger partial charge in [-0.15, -0.1) is 11.3 Å². The van der Waals surface area contributed by atoms with E-state index in [0.29, 0.717) is 5.69 Å². The number of rotatable bonds is 3. The van der Waals surface area contributed by atoms with Crippen molar-refractivity contribution >= 4 is 22.4 Å².